The van der Waals surface area contributed by atoms with Crippen LogP contribution in [0.4, 0.5) is 0 Å². The summed E-state index contributed by atoms with van der Waals surface area (Å²) in [7, 11) is 0.446. The van der Waals surface area contributed by atoms with Gasteiger partial charge in [0.15, 0.2) is 0 Å². The molecule has 0 nitrogen and oxygen atoms in total. The average molecular weight is 275 g/mol. The first-order chi connectivity index (χ1) is 6.78. The fourth-order valence-electron chi connectivity index (χ4n) is 1.36. The number of hydrogen-bond acceptors (Lipinski definition) is 0. The molecule has 0 heterocycles. The van der Waals surface area contributed by atoms with Gasteiger partial charge in [-0.15, -0.1) is 14.3 Å². The first kappa shape index (κ1) is 17.8. The van der Waals surface area contributed by atoms with Crippen LogP contribution in [-0.2, 0) is 17.1 Å². The van der Waals surface area contributed by atoms with E-state index in [1.807, 2.05) is 0 Å². The molecule has 0 spiro atoms. The molecule has 0 N–H and O–H groups in total. The molecule has 0 aromatic rings. The molecule has 1 rings (SSSR count). The minimum atomic E-state index is 0. The molecule has 0 amide bonds. The van der Waals surface area contributed by atoms with Crippen LogP contribution in [0.2, 0.25) is 0 Å². The molecule has 1 aliphatic rings. The zero-order valence-electron chi connectivity index (χ0n) is 10.4. The Morgan fingerprint density at radius 2 is 1.67 bits per heavy atom. The van der Waals surface area contributed by atoms with Crippen molar-refractivity contribution >= 4 is 7.92 Å². The third kappa shape index (κ3) is 9.36. The van der Waals surface area contributed by atoms with Crippen molar-refractivity contribution in [3.8, 4) is 0 Å². The van der Waals surface area contributed by atoms with E-state index in [-0.39, 0.29) is 17.1 Å². The molecule has 0 saturated heterocycles. The van der Waals surface area contributed by atoms with E-state index in [1.165, 1.54) is 24.1 Å². The Labute approximate surface area is 108 Å². The van der Waals surface area contributed by atoms with E-state index in [0.717, 1.165) is 12.8 Å². The van der Waals surface area contributed by atoms with Crippen LogP contribution in [0.1, 0.15) is 40.5 Å². The van der Waals surface area contributed by atoms with E-state index in [9.17, 15) is 0 Å². The van der Waals surface area contributed by atoms with Gasteiger partial charge in [0.05, 0.1) is 0 Å². The first-order valence-electron chi connectivity index (χ1n) is 5.76. The molecular weight excluding hydrogens is 251 g/mol. The smallest absolute Gasteiger partial charge is 0.270 e. The van der Waals surface area contributed by atoms with Crippen molar-refractivity contribution in [2.24, 2.45) is 0 Å². The second-order valence-electron chi connectivity index (χ2n) is 3.28. The molecule has 1 aliphatic carbocycles. The molecule has 0 fully saturated rings. The Hall–Kier alpha value is 0.429. The summed E-state index contributed by atoms with van der Waals surface area (Å²) in [5, 5.41) is 0. The van der Waals surface area contributed by atoms with Crippen LogP contribution in [-0.4, -0.2) is 18.5 Å². The predicted octanol–water partition coefficient (Wildman–Crippen LogP) is 4.61. The molecule has 0 bridgehead atoms. The molecule has 0 aliphatic heterocycles. The minimum absolute atomic E-state index is 0. The quantitative estimate of drug-likeness (QED) is 0.399. The van der Waals surface area contributed by atoms with Crippen LogP contribution in [0.15, 0.2) is 17.7 Å². The van der Waals surface area contributed by atoms with Gasteiger partial charge in [-0.1, -0.05) is 34.1 Å². The molecule has 2 heteroatoms. The number of hydrogen-bond donors (Lipinski definition) is 0. The van der Waals surface area contributed by atoms with E-state index >= 15 is 0 Å². The number of rotatable bonds is 4. The molecule has 0 aromatic carbocycles. The summed E-state index contributed by atoms with van der Waals surface area (Å²) in [6, 6.07) is 0. The van der Waals surface area contributed by atoms with E-state index in [0.29, 0.717) is 7.92 Å². The average Bonchev–Trinajstić information content (AvgIpc) is 2.74. The monoisotopic (exact) mass is 274 g/mol. The van der Waals surface area contributed by atoms with Crippen molar-refractivity contribution in [2.75, 3.05) is 18.5 Å². The van der Waals surface area contributed by atoms with Crippen molar-refractivity contribution in [1.82, 2.24) is 0 Å². The first-order valence-corrected chi connectivity index (χ1v) is 7.66. The van der Waals surface area contributed by atoms with E-state index < -0.39 is 0 Å². The van der Waals surface area contributed by atoms with E-state index in [4.69, 9.17) is 0 Å². The largest absolute Gasteiger partial charge is 1.00 e. The van der Waals surface area contributed by atoms with Crippen molar-refractivity contribution in [3.05, 3.63) is 23.8 Å². The number of allylic oxidation sites excluding steroid dienone is 4. The normalized spacial score (nSPS) is 13.0. The summed E-state index contributed by atoms with van der Waals surface area (Å²) < 4.78 is 0. The second kappa shape index (κ2) is 12.5. The summed E-state index contributed by atoms with van der Waals surface area (Å²) in [5.41, 5.74) is 1.36. The zero-order chi connectivity index (χ0) is 10.8. The molecule has 0 radical (unpaired) electrons. The SMILES string of the molecule is CCC1=[C-]CC=C1.CCP(CC)CC.[Cu+]. The summed E-state index contributed by atoms with van der Waals surface area (Å²) >= 11 is 0. The fourth-order valence-corrected chi connectivity index (χ4v) is 2.71. The molecule has 92 valence electrons. The minimum Gasteiger partial charge on any atom is -0.270 e. The van der Waals surface area contributed by atoms with Gasteiger partial charge in [-0.25, -0.2) is 11.6 Å². The molecule has 0 saturated carbocycles. The topological polar surface area (TPSA) is 0 Å². The third-order valence-corrected chi connectivity index (χ3v) is 5.17. The van der Waals surface area contributed by atoms with E-state index in [2.05, 4.69) is 45.9 Å². The van der Waals surface area contributed by atoms with Crippen LogP contribution in [0.3, 0.4) is 0 Å². The Morgan fingerprint density at radius 3 is 1.80 bits per heavy atom. The van der Waals surface area contributed by atoms with Gasteiger partial charge >= 0.3 is 17.1 Å². The van der Waals surface area contributed by atoms with Gasteiger partial charge in [0, 0.05) is 0 Å². The molecule has 0 aromatic heterocycles. The maximum Gasteiger partial charge on any atom is 1.00 e. The van der Waals surface area contributed by atoms with Gasteiger partial charge in [0.1, 0.15) is 0 Å². The maximum absolute atomic E-state index is 3.21. The Morgan fingerprint density at radius 1 is 1.13 bits per heavy atom. The fraction of sp³-hybridized carbons (Fsp3) is 0.692. The van der Waals surface area contributed by atoms with Gasteiger partial charge in [-0.2, -0.15) is 6.08 Å². The summed E-state index contributed by atoms with van der Waals surface area (Å²) in [6.45, 7) is 9.02. The summed E-state index contributed by atoms with van der Waals surface area (Å²) in [5.74, 6) is 0. The van der Waals surface area contributed by atoms with Crippen molar-refractivity contribution < 1.29 is 17.1 Å². The summed E-state index contributed by atoms with van der Waals surface area (Å²) in [4.78, 5) is 0. The van der Waals surface area contributed by atoms with Crippen molar-refractivity contribution in [3.63, 3.8) is 0 Å². The van der Waals surface area contributed by atoms with Crippen LogP contribution in [0, 0.1) is 6.08 Å². The van der Waals surface area contributed by atoms with Crippen LogP contribution in [0.25, 0.3) is 0 Å². The van der Waals surface area contributed by atoms with Crippen LogP contribution < -0.4 is 0 Å². The van der Waals surface area contributed by atoms with Gasteiger partial charge in [-0.05, 0) is 18.5 Å². The maximum atomic E-state index is 3.21. The molecular formula is C13H24CuP. The second-order valence-corrected chi connectivity index (χ2v) is 6.52. The third-order valence-electron chi connectivity index (χ3n) is 2.49. The molecule has 0 atom stereocenters. The standard InChI is InChI=1S/C7H9.C6H15P.Cu/c1-2-7-5-3-4-6-7;1-4-7(5-2)6-3;/h3,5H,2,4H2,1H3;4-6H2,1-3H3;/q-1;;+1. The van der Waals surface area contributed by atoms with Crippen LogP contribution in [0.5, 0.6) is 0 Å². The van der Waals surface area contributed by atoms with Crippen molar-refractivity contribution in [2.45, 2.75) is 40.5 Å². The van der Waals surface area contributed by atoms with Crippen LogP contribution >= 0.6 is 7.92 Å². The zero-order valence-corrected chi connectivity index (χ0v) is 12.3. The van der Waals surface area contributed by atoms with Gasteiger partial charge in [0.2, 0.25) is 0 Å². The van der Waals surface area contributed by atoms with Gasteiger partial charge in [0.25, 0.3) is 0 Å². The Bertz CT molecular complexity index is 175. The Kier molecular flexibility index (Phi) is 14.8. The predicted molar refractivity (Wildman–Crippen MR) is 69.3 cm³/mol. The van der Waals surface area contributed by atoms with Gasteiger partial charge < -0.3 is 0 Å². The Balaban J connectivity index is 0. The van der Waals surface area contributed by atoms with Gasteiger partial charge in [-0.3, -0.25) is 6.08 Å². The molecule has 15 heavy (non-hydrogen) atoms. The molecule has 0 unspecified atom stereocenters. The summed E-state index contributed by atoms with van der Waals surface area (Å²) in [6.07, 6.45) is 13.9. The van der Waals surface area contributed by atoms with Crippen molar-refractivity contribution in [1.29, 1.82) is 0 Å². The van der Waals surface area contributed by atoms with E-state index in [1.54, 1.807) is 0 Å².